The Morgan fingerprint density at radius 1 is 1.21 bits per heavy atom. The van der Waals surface area contributed by atoms with Crippen LogP contribution in [0.2, 0.25) is 0 Å². The molecule has 1 aromatic rings. The van der Waals surface area contributed by atoms with Gasteiger partial charge in [-0.15, -0.1) is 0 Å². The molecule has 0 fully saturated rings. The van der Waals surface area contributed by atoms with Crippen LogP contribution in [0.25, 0.3) is 0 Å². The molecule has 14 heavy (non-hydrogen) atoms. The van der Waals surface area contributed by atoms with Gasteiger partial charge in [0.2, 0.25) is 5.91 Å². The van der Waals surface area contributed by atoms with E-state index in [9.17, 15) is 4.79 Å². The average molecular weight is 319 g/mol. The maximum atomic E-state index is 11.7. The van der Waals surface area contributed by atoms with Gasteiger partial charge in [-0.2, -0.15) is 0 Å². The number of nitrogens with zero attached hydrogens (tertiary/aromatic N) is 1. The van der Waals surface area contributed by atoms with Gasteiger partial charge < -0.3 is 4.90 Å². The Morgan fingerprint density at radius 3 is 2.57 bits per heavy atom. The number of hydrogen-bond acceptors (Lipinski definition) is 1. The van der Waals surface area contributed by atoms with Crippen LogP contribution in [0.4, 0.5) is 5.69 Å². The summed E-state index contributed by atoms with van der Waals surface area (Å²) in [5, 5.41) is 0. The molecular weight excluding hydrogens is 310 g/mol. The fourth-order valence-corrected chi connectivity index (χ4v) is 2.82. The van der Waals surface area contributed by atoms with Gasteiger partial charge in [0.25, 0.3) is 0 Å². The number of halogens is 2. The van der Waals surface area contributed by atoms with Crippen LogP contribution in [0, 0.1) is 0 Å². The second-order valence-corrected chi connectivity index (χ2v) is 5.23. The lowest BCUT2D eigenvalue weighted by Gasteiger charge is -2.32. The first kappa shape index (κ1) is 10.2. The molecule has 1 aromatic carbocycles. The first-order valence-corrected chi connectivity index (χ1v) is 6.10. The van der Waals surface area contributed by atoms with E-state index in [0.717, 1.165) is 11.3 Å². The van der Waals surface area contributed by atoms with Gasteiger partial charge in [-0.3, -0.25) is 4.79 Å². The highest BCUT2D eigenvalue weighted by Gasteiger charge is 2.35. The Labute approximate surface area is 99.5 Å². The summed E-state index contributed by atoms with van der Waals surface area (Å²) in [6, 6.07) is 7.92. The van der Waals surface area contributed by atoms with Crippen molar-refractivity contribution >= 4 is 43.5 Å². The van der Waals surface area contributed by atoms with Crippen LogP contribution in [0.5, 0.6) is 0 Å². The molecule has 0 saturated carbocycles. The van der Waals surface area contributed by atoms with Crippen molar-refractivity contribution in [2.75, 3.05) is 11.9 Å². The molecule has 1 heterocycles. The minimum atomic E-state index is -0.178. The largest absolute Gasteiger partial charge is 0.314 e. The summed E-state index contributed by atoms with van der Waals surface area (Å²) in [7, 11) is 1.80. The second kappa shape index (κ2) is 3.66. The lowest BCUT2D eigenvalue weighted by atomic mass is 10.0. The number of rotatable bonds is 0. The quantitative estimate of drug-likeness (QED) is 0.674. The molecular formula is C10H9Br2NO. The number of para-hydroxylation sites is 1. The highest BCUT2D eigenvalue weighted by atomic mass is 79.9. The van der Waals surface area contributed by atoms with Gasteiger partial charge in [-0.25, -0.2) is 0 Å². The SMILES string of the molecule is CN1C(=O)[C@H](Br)[C@@H](Br)c2ccccc21. The van der Waals surface area contributed by atoms with Crippen molar-refractivity contribution < 1.29 is 4.79 Å². The predicted molar refractivity (Wildman–Crippen MR) is 64.2 cm³/mol. The molecule has 0 N–H and O–H groups in total. The number of hydrogen-bond donors (Lipinski definition) is 0. The van der Waals surface area contributed by atoms with Crippen molar-refractivity contribution in [3.05, 3.63) is 29.8 Å². The number of benzene rings is 1. The summed E-state index contributed by atoms with van der Waals surface area (Å²) in [5.41, 5.74) is 2.13. The van der Waals surface area contributed by atoms with Crippen LogP contribution in [-0.4, -0.2) is 17.8 Å². The van der Waals surface area contributed by atoms with E-state index in [-0.39, 0.29) is 15.6 Å². The standard InChI is InChI=1S/C10H9Br2NO/c1-13-7-5-3-2-4-6(7)8(11)9(12)10(13)14/h2-5,8-9H,1H3/t8-,9+/m0/s1. The third kappa shape index (κ3) is 1.41. The van der Waals surface area contributed by atoms with Gasteiger partial charge in [-0.1, -0.05) is 50.1 Å². The van der Waals surface area contributed by atoms with E-state index < -0.39 is 0 Å². The van der Waals surface area contributed by atoms with E-state index in [1.54, 1.807) is 11.9 Å². The van der Waals surface area contributed by atoms with Crippen LogP contribution in [0.1, 0.15) is 10.4 Å². The summed E-state index contributed by atoms with van der Waals surface area (Å²) in [4.78, 5) is 13.3. The van der Waals surface area contributed by atoms with Gasteiger partial charge in [0.1, 0.15) is 4.83 Å². The topological polar surface area (TPSA) is 20.3 Å². The lowest BCUT2D eigenvalue weighted by Crippen LogP contribution is -2.40. The first-order valence-electron chi connectivity index (χ1n) is 4.27. The summed E-state index contributed by atoms with van der Waals surface area (Å²) in [6.07, 6.45) is 0. The smallest absolute Gasteiger partial charge is 0.242 e. The lowest BCUT2D eigenvalue weighted by molar-refractivity contribution is -0.118. The van der Waals surface area contributed by atoms with E-state index in [4.69, 9.17) is 0 Å². The van der Waals surface area contributed by atoms with Crippen LogP contribution < -0.4 is 4.90 Å². The molecule has 1 aliphatic rings. The highest BCUT2D eigenvalue weighted by molar-refractivity contribution is 9.12. The molecule has 2 nitrogen and oxygen atoms in total. The predicted octanol–water partition coefficient (Wildman–Crippen LogP) is 2.86. The zero-order valence-corrected chi connectivity index (χ0v) is 10.7. The van der Waals surface area contributed by atoms with Gasteiger partial charge in [0, 0.05) is 12.7 Å². The van der Waals surface area contributed by atoms with Crippen molar-refractivity contribution in [2.24, 2.45) is 0 Å². The number of anilines is 1. The minimum Gasteiger partial charge on any atom is -0.314 e. The molecule has 0 unspecified atom stereocenters. The monoisotopic (exact) mass is 317 g/mol. The number of carbonyl (C=O) groups is 1. The van der Waals surface area contributed by atoms with Crippen LogP contribution >= 0.6 is 31.9 Å². The number of fused-ring (bicyclic) bond motifs is 1. The van der Waals surface area contributed by atoms with E-state index in [0.29, 0.717) is 0 Å². The van der Waals surface area contributed by atoms with Crippen LogP contribution in [0.15, 0.2) is 24.3 Å². The normalized spacial score (nSPS) is 26.2. The molecule has 74 valence electrons. The molecule has 0 saturated heterocycles. The maximum Gasteiger partial charge on any atom is 0.242 e. The number of alkyl halides is 2. The Bertz CT molecular complexity index is 380. The summed E-state index contributed by atoms with van der Waals surface area (Å²) in [6.45, 7) is 0. The van der Waals surface area contributed by atoms with Crippen molar-refractivity contribution in [3.63, 3.8) is 0 Å². The molecule has 1 amide bonds. The molecule has 0 radical (unpaired) electrons. The highest BCUT2D eigenvalue weighted by Crippen LogP contribution is 2.41. The molecule has 4 heteroatoms. The summed E-state index contributed by atoms with van der Waals surface area (Å²) < 4.78 is 0. The molecule has 2 atom stereocenters. The van der Waals surface area contributed by atoms with E-state index in [2.05, 4.69) is 31.9 Å². The Morgan fingerprint density at radius 2 is 1.86 bits per heavy atom. The Balaban J connectivity index is 2.56. The third-order valence-corrected chi connectivity index (χ3v) is 5.07. The minimum absolute atomic E-state index is 0.0578. The second-order valence-electron chi connectivity index (χ2n) is 3.26. The van der Waals surface area contributed by atoms with Gasteiger partial charge in [0.15, 0.2) is 0 Å². The zero-order chi connectivity index (χ0) is 10.3. The van der Waals surface area contributed by atoms with Crippen LogP contribution in [0.3, 0.4) is 0 Å². The molecule has 1 aliphatic heterocycles. The number of carbonyl (C=O) groups excluding carboxylic acids is 1. The molecule has 0 aliphatic carbocycles. The van der Waals surface area contributed by atoms with Crippen molar-refractivity contribution in [1.29, 1.82) is 0 Å². The fraction of sp³-hybridized carbons (Fsp3) is 0.300. The summed E-state index contributed by atoms with van der Waals surface area (Å²) >= 11 is 6.92. The van der Waals surface area contributed by atoms with Gasteiger partial charge in [-0.05, 0) is 11.6 Å². The third-order valence-electron chi connectivity index (χ3n) is 2.42. The first-order chi connectivity index (χ1) is 6.63. The van der Waals surface area contributed by atoms with Gasteiger partial charge in [0.05, 0.1) is 4.83 Å². The Hall–Kier alpha value is -0.350. The average Bonchev–Trinajstić information content (AvgIpc) is 2.23. The Kier molecular flexibility index (Phi) is 2.66. The fourth-order valence-electron chi connectivity index (χ4n) is 1.61. The maximum absolute atomic E-state index is 11.7. The van der Waals surface area contributed by atoms with E-state index in [1.165, 1.54) is 0 Å². The molecule has 2 rings (SSSR count). The van der Waals surface area contributed by atoms with Crippen molar-refractivity contribution in [1.82, 2.24) is 0 Å². The van der Waals surface area contributed by atoms with E-state index in [1.807, 2.05) is 24.3 Å². The molecule has 0 aromatic heterocycles. The van der Waals surface area contributed by atoms with E-state index >= 15 is 0 Å². The van der Waals surface area contributed by atoms with Crippen LogP contribution in [-0.2, 0) is 4.79 Å². The number of amides is 1. The summed E-state index contributed by atoms with van der Waals surface area (Å²) in [5.74, 6) is 0.0885. The molecule has 0 bridgehead atoms. The van der Waals surface area contributed by atoms with Crippen molar-refractivity contribution in [3.8, 4) is 0 Å². The molecule has 0 spiro atoms. The van der Waals surface area contributed by atoms with Gasteiger partial charge >= 0.3 is 0 Å². The zero-order valence-electron chi connectivity index (χ0n) is 7.58. The van der Waals surface area contributed by atoms with Crippen molar-refractivity contribution in [2.45, 2.75) is 9.65 Å².